The lowest BCUT2D eigenvalue weighted by Gasteiger charge is -2.22. The minimum absolute atomic E-state index is 0.00585. The van der Waals surface area contributed by atoms with Gasteiger partial charge in [-0.1, -0.05) is 30.7 Å². The summed E-state index contributed by atoms with van der Waals surface area (Å²) in [5.41, 5.74) is 0.587. The molecule has 1 N–H and O–H groups in total. The minimum atomic E-state index is -0.252. The second-order valence-corrected chi connectivity index (χ2v) is 7.29. The minimum Gasteiger partial charge on any atom is -0.495 e. The van der Waals surface area contributed by atoms with Gasteiger partial charge in [0.1, 0.15) is 5.75 Å². The van der Waals surface area contributed by atoms with E-state index in [1.54, 1.807) is 36.3 Å². The lowest BCUT2D eigenvalue weighted by Crippen LogP contribution is -2.39. The summed E-state index contributed by atoms with van der Waals surface area (Å²) in [5.74, 6) is 0.520. The highest BCUT2D eigenvalue weighted by Gasteiger charge is 2.17. The maximum atomic E-state index is 12.6. The van der Waals surface area contributed by atoms with E-state index in [1.807, 2.05) is 31.2 Å². The van der Waals surface area contributed by atoms with E-state index in [2.05, 4.69) is 5.32 Å². The Morgan fingerprint density at radius 2 is 1.85 bits per heavy atom. The first-order chi connectivity index (χ1) is 13.0. The maximum Gasteiger partial charge on any atom is 0.244 e. The third-order valence-electron chi connectivity index (χ3n) is 3.74. The molecule has 0 bridgehead atoms. The van der Waals surface area contributed by atoms with Crippen LogP contribution in [-0.4, -0.2) is 42.7 Å². The molecule has 0 heterocycles. The summed E-state index contributed by atoms with van der Waals surface area (Å²) in [6, 6.07) is 14.5. The van der Waals surface area contributed by atoms with Crippen LogP contribution >= 0.6 is 23.4 Å². The number of methoxy groups -OCH3 is 1. The molecule has 0 fully saturated rings. The second kappa shape index (κ2) is 10.8. The summed E-state index contributed by atoms with van der Waals surface area (Å²) in [6.45, 7) is 2.51. The number of hydrogen-bond acceptors (Lipinski definition) is 4. The van der Waals surface area contributed by atoms with Gasteiger partial charge in [0, 0.05) is 16.5 Å². The first-order valence-corrected chi connectivity index (χ1v) is 9.98. The molecule has 7 heteroatoms. The Morgan fingerprint density at radius 1 is 1.15 bits per heavy atom. The van der Waals surface area contributed by atoms with E-state index in [0.29, 0.717) is 23.0 Å². The van der Waals surface area contributed by atoms with Crippen LogP contribution in [0.5, 0.6) is 5.75 Å². The van der Waals surface area contributed by atoms with Crippen molar-refractivity contribution in [2.24, 2.45) is 0 Å². The van der Waals surface area contributed by atoms with Crippen LogP contribution in [0, 0.1) is 0 Å². The standard InChI is InChI=1S/C20H23ClN2O3S/c1-3-12-23(20(25)14-27-16-10-8-15(21)9-11-16)13-19(24)22-17-6-4-5-7-18(17)26-2/h4-11H,3,12-14H2,1-2H3,(H,22,24). The summed E-state index contributed by atoms with van der Waals surface area (Å²) >= 11 is 7.30. The molecule has 2 aromatic carbocycles. The van der Waals surface area contributed by atoms with Crippen LogP contribution in [0.1, 0.15) is 13.3 Å². The van der Waals surface area contributed by atoms with Gasteiger partial charge in [-0.05, 0) is 42.8 Å². The van der Waals surface area contributed by atoms with Crippen molar-refractivity contribution >= 4 is 40.9 Å². The molecule has 27 heavy (non-hydrogen) atoms. The summed E-state index contributed by atoms with van der Waals surface area (Å²) < 4.78 is 5.23. The first kappa shape index (κ1) is 21.1. The zero-order valence-electron chi connectivity index (χ0n) is 15.4. The quantitative estimate of drug-likeness (QED) is 0.630. The van der Waals surface area contributed by atoms with Crippen LogP contribution in [0.2, 0.25) is 5.02 Å². The van der Waals surface area contributed by atoms with E-state index in [-0.39, 0.29) is 24.1 Å². The number of thioether (sulfide) groups is 1. The van der Waals surface area contributed by atoms with Gasteiger partial charge in [-0.2, -0.15) is 0 Å². The summed E-state index contributed by atoms with van der Waals surface area (Å²) in [5, 5.41) is 3.46. The number of hydrogen-bond donors (Lipinski definition) is 1. The number of benzene rings is 2. The van der Waals surface area contributed by atoms with E-state index in [1.165, 1.54) is 11.8 Å². The van der Waals surface area contributed by atoms with Crippen LogP contribution in [-0.2, 0) is 9.59 Å². The zero-order chi connectivity index (χ0) is 19.6. The number of para-hydroxylation sites is 2. The van der Waals surface area contributed by atoms with Crippen molar-refractivity contribution < 1.29 is 14.3 Å². The predicted octanol–water partition coefficient (Wildman–Crippen LogP) is 4.32. The Kier molecular flexibility index (Phi) is 8.48. The topological polar surface area (TPSA) is 58.6 Å². The number of carbonyl (C=O) groups is 2. The molecule has 5 nitrogen and oxygen atoms in total. The van der Waals surface area contributed by atoms with Gasteiger partial charge in [-0.25, -0.2) is 0 Å². The van der Waals surface area contributed by atoms with Gasteiger partial charge in [0.05, 0.1) is 25.1 Å². The van der Waals surface area contributed by atoms with Gasteiger partial charge in [0.15, 0.2) is 0 Å². The Morgan fingerprint density at radius 3 is 2.52 bits per heavy atom. The largest absolute Gasteiger partial charge is 0.495 e. The molecule has 0 aliphatic heterocycles. The molecule has 0 radical (unpaired) electrons. The Hall–Kier alpha value is -2.18. The van der Waals surface area contributed by atoms with Crippen LogP contribution in [0.4, 0.5) is 5.69 Å². The smallest absolute Gasteiger partial charge is 0.244 e. The van der Waals surface area contributed by atoms with Gasteiger partial charge in [-0.15, -0.1) is 11.8 Å². The molecule has 0 aliphatic rings. The molecular formula is C20H23ClN2O3S. The lowest BCUT2D eigenvalue weighted by atomic mass is 10.3. The van der Waals surface area contributed by atoms with Crippen LogP contribution in [0.3, 0.4) is 0 Å². The van der Waals surface area contributed by atoms with Crippen molar-refractivity contribution in [1.82, 2.24) is 4.90 Å². The van der Waals surface area contributed by atoms with Gasteiger partial charge in [-0.3, -0.25) is 9.59 Å². The SMILES string of the molecule is CCCN(CC(=O)Nc1ccccc1OC)C(=O)CSc1ccc(Cl)cc1. The fourth-order valence-electron chi connectivity index (χ4n) is 2.44. The predicted molar refractivity (Wildman–Crippen MR) is 111 cm³/mol. The number of halogens is 1. The normalized spacial score (nSPS) is 10.3. The van der Waals surface area contributed by atoms with Crippen molar-refractivity contribution in [3.05, 3.63) is 53.6 Å². The number of nitrogens with one attached hydrogen (secondary N) is 1. The number of carbonyl (C=O) groups excluding carboxylic acids is 2. The number of amides is 2. The van der Waals surface area contributed by atoms with Gasteiger partial charge in [0.25, 0.3) is 0 Å². The van der Waals surface area contributed by atoms with Crippen LogP contribution in [0.25, 0.3) is 0 Å². The van der Waals surface area contributed by atoms with Crippen LogP contribution < -0.4 is 10.1 Å². The maximum absolute atomic E-state index is 12.6. The Bertz CT molecular complexity index is 768. The van der Waals surface area contributed by atoms with E-state index in [4.69, 9.17) is 16.3 Å². The molecule has 0 unspecified atom stereocenters. The van der Waals surface area contributed by atoms with Crippen molar-refractivity contribution in [1.29, 1.82) is 0 Å². The van der Waals surface area contributed by atoms with E-state index >= 15 is 0 Å². The van der Waals surface area contributed by atoms with Crippen molar-refractivity contribution in [2.75, 3.05) is 31.3 Å². The molecule has 0 aromatic heterocycles. The fraction of sp³-hybridized carbons (Fsp3) is 0.300. The average molecular weight is 407 g/mol. The lowest BCUT2D eigenvalue weighted by molar-refractivity contribution is -0.132. The highest BCUT2D eigenvalue weighted by Crippen LogP contribution is 2.23. The molecule has 0 saturated heterocycles. The van der Waals surface area contributed by atoms with Crippen molar-refractivity contribution in [3.63, 3.8) is 0 Å². The number of nitrogens with zero attached hydrogens (tertiary/aromatic N) is 1. The van der Waals surface area contributed by atoms with E-state index in [9.17, 15) is 9.59 Å². The summed E-state index contributed by atoms with van der Waals surface area (Å²) in [6.07, 6.45) is 0.777. The Balaban J connectivity index is 1.93. The molecule has 2 aromatic rings. The molecule has 0 spiro atoms. The van der Waals surface area contributed by atoms with Gasteiger partial charge < -0.3 is 15.0 Å². The average Bonchev–Trinajstić information content (AvgIpc) is 2.67. The molecule has 2 rings (SSSR count). The number of rotatable bonds is 9. The molecule has 0 atom stereocenters. The second-order valence-electron chi connectivity index (χ2n) is 5.81. The van der Waals surface area contributed by atoms with Gasteiger partial charge >= 0.3 is 0 Å². The van der Waals surface area contributed by atoms with E-state index in [0.717, 1.165) is 11.3 Å². The monoisotopic (exact) mass is 406 g/mol. The van der Waals surface area contributed by atoms with Crippen molar-refractivity contribution in [3.8, 4) is 5.75 Å². The highest BCUT2D eigenvalue weighted by molar-refractivity contribution is 8.00. The highest BCUT2D eigenvalue weighted by atomic mass is 35.5. The molecule has 0 aliphatic carbocycles. The summed E-state index contributed by atoms with van der Waals surface area (Å²) in [7, 11) is 1.55. The number of ether oxygens (including phenoxy) is 1. The third-order valence-corrected chi connectivity index (χ3v) is 4.99. The summed E-state index contributed by atoms with van der Waals surface area (Å²) in [4.78, 5) is 27.5. The Labute approximate surface area is 169 Å². The fourth-order valence-corrected chi connectivity index (χ4v) is 3.37. The molecule has 2 amide bonds. The van der Waals surface area contributed by atoms with Gasteiger partial charge in [0.2, 0.25) is 11.8 Å². The molecular weight excluding hydrogens is 384 g/mol. The third kappa shape index (κ3) is 6.81. The molecule has 0 saturated carbocycles. The van der Waals surface area contributed by atoms with Crippen LogP contribution in [0.15, 0.2) is 53.4 Å². The zero-order valence-corrected chi connectivity index (χ0v) is 17.0. The molecule has 144 valence electrons. The van der Waals surface area contributed by atoms with Crippen molar-refractivity contribution in [2.45, 2.75) is 18.2 Å². The van der Waals surface area contributed by atoms with E-state index < -0.39 is 0 Å². The number of anilines is 1. The first-order valence-electron chi connectivity index (χ1n) is 8.62.